The van der Waals surface area contributed by atoms with E-state index in [-0.39, 0.29) is 6.10 Å². The number of esters is 1. The summed E-state index contributed by atoms with van der Waals surface area (Å²) in [4.78, 5) is 22.4. The second kappa shape index (κ2) is 5.58. The van der Waals surface area contributed by atoms with Crippen LogP contribution in [0.5, 0.6) is 0 Å². The highest BCUT2D eigenvalue weighted by Gasteiger charge is 2.35. The van der Waals surface area contributed by atoms with Gasteiger partial charge < -0.3 is 14.2 Å². The molecule has 0 aliphatic heterocycles. The Balaban J connectivity index is 4.31. The van der Waals surface area contributed by atoms with Gasteiger partial charge in [-0.15, -0.1) is 0 Å². The Morgan fingerprint density at radius 3 is 2.27 bits per heavy atom. The van der Waals surface area contributed by atoms with Gasteiger partial charge in [0.15, 0.2) is 0 Å². The monoisotopic (exact) mass is 218 g/mol. The van der Waals surface area contributed by atoms with Gasteiger partial charge in [-0.2, -0.15) is 0 Å². The van der Waals surface area contributed by atoms with E-state index in [0.717, 1.165) is 0 Å². The zero-order valence-corrected chi connectivity index (χ0v) is 9.83. The number of rotatable bonds is 4. The molecule has 0 aromatic rings. The molecule has 0 aromatic heterocycles. The van der Waals surface area contributed by atoms with Crippen molar-refractivity contribution >= 4 is 12.1 Å². The predicted octanol–water partition coefficient (Wildman–Crippen LogP) is 1.89. The molecule has 0 bridgehead atoms. The van der Waals surface area contributed by atoms with Gasteiger partial charge in [-0.1, -0.05) is 6.92 Å². The molecule has 5 nitrogen and oxygen atoms in total. The Bertz CT molecular complexity index is 234. The smallest absolute Gasteiger partial charge is 0.460 e. The van der Waals surface area contributed by atoms with Crippen LogP contribution in [0.3, 0.4) is 0 Å². The highest BCUT2D eigenvalue weighted by Crippen LogP contribution is 2.14. The summed E-state index contributed by atoms with van der Waals surface area (Å²) >= 11 is 0. The van der Waals surface area contributed by atoms with Gasteiger partial charge in [-0.3, -0.25) is 0 Å². The molecule has 0 saturated heterocycles. The summed E-state index contributed by atoms with van der Waals surface area (Å²) in [6, 6.07) is 0. The maximum absolute atomic E-state index is 11.5. The number of ether oxygens (including phenoxy) is 3. The number of hydrogen-bond acceptors (Lipinski definition) is 5. The Morgan fingerprint density at radius 2 is 1.87 bits per heavy atom. The molecule has 0 aliphatic rings. The van der Waals surface area contributed by atoms with E-state index in [1.807, 2.05) is 6.92 Å². The Morgan fingerprint density at radius 1 is 1.33 bits per heavy atom. The number of methoxy groups -OCH3 is 1. The van der Waals surface area contributed by atoms with Crippen LogP contribution in [-0.2, 0) is 19.0 Å². The van der Waals surface area contributed by atoms with E-state index in [0.29, 0.717) is 6.42 Å². The fourth-order valence-corrected chi connectivity index (χ4v) is 0.700. The molecule has 0 fully saturated rings. The lowest BCUT2D eigenvalue weighted by atomic mass is 10.1. The zero-order chi connectivity index (χ0) is 12.1. The molecule has 0 radical (unpaired) electrons. The number of hydrogen-bond donors (Lipinski definition) is 0. The third kappa shape index (κ3) is 4.67. The van der Waals surface area contributed by atoms with Gasteiger partial charge in [0.25, 0.3) is 0 Å². The molecule has 0 amide bonds. The third-order valence-corrected chi connectivity index (χ3v) is 1.88. The molecule has 0 saturated carbocycles. The summed E-state index contributed by atoms with van der Waals surface area (Å²) in [5.74, 6) is -0.581. The van der Waals surface area contributed by atoms with Crippen molar-refractivity contribution in [2.24, 2.45) is 0 Å². The van der Waals surface area contributed by atoms with Crippen molar-refractivity contribution in [1.29, 1.82) is 0 Å². The van der Waals surface area contributed by atoms with E-state index in [1.165, 1.54) is 21.0 Å². The molecule has 0 N–H and O–H groups in total. The highest BCUT2D eigenvalue weighted by atomic mass is 16.7. The SMILES string of the molecule is CCC(C)OC(=O)C(C)(C)OC(=O)OC. The van der Waals surface area contributed by atoms with Crippen LogP contribution in [0, 0.1) is 0 Å². The van der Waals surface area contributed by atoms with Gasteiger partial charge in [0.2, 0.25) is 5.60 Å². The number of carbonyl (C=O) groups is 2. The lowest BCUT2D eigenvalue weighted by Crippen LogP contribution is -2.40. The van der Waals surface area contributed by atoms with Gasteiger partial charge >= 0.3 is 12.1 Å². The van der Waals surface area contributed by atoms with E-state index in [2.05, 4.69) is 4.74 Å². The van der Waals surface area contributed by atoms with Crippen LogP contribution in [-0.4, -0.2) is 30.9 Å². The second-order valence-corrected chi connectivity index (χ2v) is 3.69. The quantitative estimate of drug-likeness (QED) is 0.674. The average molecular weight is 218 g/mol. The van der Waals surface area contributed by atoms with E-state index in [4.69, 9.17) is 9.47 Å². The molecule has 15 heavy (non-hydrogen) atoms. The summed E-state index contributed by atoms with van der Waals surface area (Å²) in [6.45, 7) is 6.57. The molecule has 1 unspecified atom stereocenters. The van der Waals surface area contributed by atoms with Crippen molar-refractivity contribution in [3.8, 4) is 0 Å². The largest absolute Gasteiger partial charge is 0.509 e. The van der Waals surface area contributed by atoms with E-state index in [1.54, 1.807) is 6.92 Å². The second-order valence-electron chi connectivity index (χ2n) is 3.69. The van der Waals surface area contributed by atoms with Gasteiger partial charge in [-0.25, -0.2) is 9.59 Å². The van der Waals surface area contributed by atoms with Crippen LogP contribution in [0.15, 0.2) is 0 Å². The van der Waals surface area contributed by atoms with Crippen LogP contribution < -0.4 is 0 Å². The molecule has 0 aromatic carbocycles. The van der Waals surface area contributed by atoms with Crippen molar-refractivity contribution in [2.45, 2.75) is 45.8 Å². The third-order valence-electron chi connectivity index (χ3n) is 1.88. The van der Waals surface area contributed by atoms with Crippen LogP contribution >= 0.6 is 0 Å². The molecular weight excluding hydrogens is 200 g/mol. The van der Waals surface area contributed by atoms with Crippen molar-refractivity contribution in [2.75, 3.05) is 7.11 Å². The van der Waals surface area contributed by atoms with Crippen molar-refractivity contribution < 1.29 is 23.8 Å². The minimum Gasteiger partial charge on any atom is -0.460 e. The highest BCUT2D eigenvalue weighted by molar-refractivity contribution is 5.81. The van der Waals surface area contributed by atoms with Gasteiger partial charge in [0.05, 0.1) is 13.2 Å². The topological polar surface area (TPSA) is 61.8 Å². The van der Waals surface area contributed by atoms with E-state index in [9.17, 15) is 9.59 Å². The molecule has 0 rings (SSSR count). The minimum absolute atomic E-state index is 0.196. The van der Waals surface area contributed by atoms with E-state index >= 15 is 0 Å². The summed E-state index contributed by atoms with van der Waals surface area (Å²) in [7, 11) is 1.18. The van der Waals surface area contributed by atoms with Crippen LogP contribution in [0.4, 0.5) is 4.79 Å². The van der Waals surface area contributed by atoms with E-state index < -0.39 is 17.7 Å². The average Bonchev–Trinajstić information content (AvgIpc) is 2.16. The van der Waals surface area contributed by atoms with Crippen LogP contribution in [0.25, 0.3) is 0 Å². The van der Waals surface area contributed by atoms with Crippen molar-refractivity contribution in [1.82, 2.24) is 0 Å². The summed E-state index contributed by atoms with van der Waals surface area (Å²) in [6.07, 6.45) is -0.390. The predicted molar refractivity (Wildman–Crippen MR) is 53.4 cm³/mol. The standard InChI is InChI=1S/C10H18O5/c1-6-7(2)14-8(11)10(3,4)15-9(12)13-5/h7H,6H2,1-5H3. The fourth-order valence-electron chi connectivity index (χ4n) is 0.700. The Hall–Kier alpha value is -1.26. The fraction of sp³-hybridized carbons (Fsp3) is 0.800. The first kappa shape index (κ1) is 13.7. The van der Waals surface area contributed by atoms with Gasteiger partial charge in [0, 0.05) is 0 Å². The van der Waals surface area contributed by atoms with Crippen LogP contribution in [0.2, 0.25) is 0 Å². The Kier molecular flexibility index (Phi) is 5.11. The molecular formula is C10H18O5. The normalized spacial score (nSPS) is 12.9. The number of carbonyl (C=O) groups excluding carboxylic acids is 2. The Labute approximate surface area is 89.7 Å². The summed E-state index contributed by atoms with van der Waals surface area (Å²) in [5.41, 5.74) is -1.32. The molecule has 0 spiro atoms. The molecule has 0 aliphatic carbocycles. The van der Waals surface area contributed by atoms with Gasteiger partial charge in [-0.05, 0) is 27.2 Å². The first-order chi connectivity index (χ1) is 6.83. The molecule has 0 heterocycles. The summed E-state index contributed by atoms with van der Waals surface area (Å²) in [5, 5.41) is 0. The molecule has 1 atom stereocenters. The molecule has 88 valence electrons. The van der Waals surface area contributed by atoms with Crippen molar-refractivity contribution in [3.05, 3.63) is 0 Å². The zero-order valence-electron chi connectivity index (χ0n) is 9.83. The van der Waals surface area contributed by atoms with Crippen molar-refractivity contribution in [3.63, 3.8) is 0 Å². The maximum Gasteiger partial charge on any atom is 0.509 e. The maximum atomic E-state index is 11.5. The minimum atomic E-state index is -1.32. The van der Waals surface area contributed by atoms with Crippen LogP contribution in [0.1, 0.15) is 34.1 Å². The summed E-state index contributed by atoms with van der Waals surface area (Å²) < 4.78 is 14.1. The van der Waals surface area contributed by atoms with Gasteiger partial charge in [0.1, 0.15) is 0 Å². The lowest BCUT2D eigenvalue weighted by Gasteiger charge is -2.23. The first-order valence-electron chi connectivity index (χ1n) is 4.81. The first-order valence-corrected chi connectivity index (χ1v) is 4.81. The molecule has 5 heteroatoms. The lowest BCUT2D eigenvalue weighted by molar-refractivity contribution is -0.168.